The van der Waals surface area contributed by atoms with E-state index in [2.05, 4.69) is 5.32 Å². The Hall–Kier alpha value is -3.31. The van der Waals surface area contributed by atoms with Crippen molar-refractivity contribution >= 4 is 29.1 Å². The van der Waals surface area contributed by atoms with Crippen molar-refractivity contribution in [1.29, 1.82) is 0 Å². The number of methoxy groups -OCH3 is 1. The minimum absolute atomic E-state index is 0.0727. The fourth-order valence-corrected chi connectivity index (χ4v) is 3.74. The third-order valence-corrected chi connectivity index (χ3v) is 5.16. The average molecular weight is 407 g/mol. The molecule has 3 aromatic rings. The maximum absolute atomic E-state index is 13.4. The van der Waals surface area contributed by atoms with E-state index in [1.165, 1.54) is 0 Å². The van der Waals surface area contributed by atoms with E-state index in [0.717, 1.165) is 11.1 Å². The molecule has 0 saturated heterocycles. The lowest BCUT2D eigenvalue weighted by molar-refractivity contribution is -0.117. The molecule has 0 fully saturated rings. The largest absolute Gasteiger partial charge is 0.497 e. The summed E-state index contributed by atoms with van der Waals surface area (Å²) in [7, 11) is 1.57. The number of fused-ring (bicyclic) bond motifs is 1. The van der Waals surface area contributed by atoms with Crippen LogP contribution in [0.1, 0.15) is 27.5 Å². The van der Waals surface area contributed by atoms with Crippen molar-refractivity contribution in [3.8, 4) is 5.75 Å². The molecule has 3 aromatic carbocycles. The van der Waals surface area contributed by atoms with Crippen LogP contribution >= 0.6 is 11.6 Å². The van der Waals surface area contributed by atoms with Crippen LogP contribution in [0.4, 0.5) is 5.69 Å². The predicted molar refractivity (Wildman–Crippen MR) is 112 cm³/mol. The average Bonchev–Trinajstić information content (AvgIpc) is 2.89. The summed E-state index contributed by atoms with van der Waals surface area (Å²) in [4.78, 5) is 27.6. The number of carbonyl (C=O) groups excluding carboxylic acids is 2. The van der Waals surface area contributed by atoms with Crippen molar-refractivity contribution in [3.05, 3.63) is 94.5 Å². The van der Waals surface area contributed by atoms with Gasteiger partial charge < -0.3 is 15.0 Å². The molecule has 0 aliphatic carbocycles. The van der Waals surface area contributed by atoms with E-state index in [9.17, 15) is 9.59 Å². The number of hydrogen-bond acceptors (Lipinski definition) is 3. The second kappa shape index (κ2) is 7.97. The van der Waals surface area contributed by atoms with Gasteiger partial charge in [-0.2, -0.15) is 0 Å². The highest BCUT2D eigenvalue weighted by Gasteiger charge is 2.34. The highest BCUT2D eigenvalue weighted by atomic mass is 35.5. The molecule has 1 heterocycles. The molecule has 1 aliphatic rings. The third kappa shape index (κ3) is 3.82. The zero-order valence-electron chi connectivity index (χ0n) is 15.8. The van der Waals surface area contributed by atoms with E-state index in [-0.39, 0.29) is 18.4 Å². The smallest absolute Gasteiger partial charge is 0.255 e. The van der Waals surface area contributed by atoms with Crippen molar-refractivity contribution in [2.75, 3.05) is 19.0 Å². The fraction of sp³-hybridized carbons (Fsp3) is 0.130. The quantitative estimate of drug-likeness (QED) is 0.695. The molecule has 0 saturated carbocycles. The standard InChI is InChI=1S/C23H19ClN2O3/c1-29-18-10-7-16(8-11-18)23(28)26-14-21(27)25-20-12-9-17(24)13-19(20)22(26)15-5-3-2-4-6-15/h2-13,22H,14H2,1H3,(H,25,27)/t22-/m1/s1. The van der Waals surface area contributed by atoms with Crippen LogP contribution in [0.3, 0.4) is 0 Å². The number of benzene rings is 3. The molecule has 0 radical (unpaired) electrons. The first-order valence-electron chi connectivity index (χ1n) is 9.16. The van der Waals surface area contributed by atoms with Crippen LogP contribution in [0.5, 0.6) is 5.75 Å². The van der Waals surface area contributed by atoms with Gasteiger partial charge in [-0.3, -0.25) is 9.59 Å². The maximum Gasteiger partial charge on any atom is 0.255 e. The molecule has 5 nitrogen and oxygen atoms in total. The van der Waals surface area contributed by atoms with Gasteiger partial charge in [-0.25, -0.2) is 0 Å². The zero-order chi connectivity index (χ0) is 20.4. The molecular formula is C23H19ClN2O3. The monoisotopic (exact) mass is 406 g/mol. The Balaban J connectivity index is 1.85. The molecule has 6 heteroatoms. The van der Waals surface area contributed by atoms with Gasteiger partial charge in [0.05, 0.1) is 13.2 Å². The molecule has 146 valence electrons. The van der Waals surface area contributed by atoms with E-state index in [1.807, 2.05) is 30.3 Å². The predicted octanol–water partition coefficient (Wildman–Crippen LogP) is 4.53. The molecule has 1 atom stereocenters. The summed E-state index contributed by atoms with van der Waals surface area (Å²) < 4.78 is 5.18. The Bertz CT molecular complexity index is 1050. The lowest BCUT2D eigenvalue weighted by Gasteiger charge is -2.30. The summed E-state index contributed by atoms with van der Waals surface area (Å²) in [5.41, 5.74) is 2.80. The van der Waals surface area contributed by atoms with Gasteiger partial charge in [-0.05, 0) is 48.0 Å². The van der Waals surface area contributed by atoms with Crippen molar-refractivity contribution < 1.29 is 14.3 Å². The number of rotatable bonds is 3. The fourth-order valence-electron chi connectivity index (χ4n) is 3.56. The summed E-state index contributed by atoms with van der Waals surface area (Å²) in [6.07, 6.45) is 0. The van der Waals surface area contributed by atoms with Crippen LogP contribution in [0.2, 0.25) is 5.02 Å². The summed E-state index contributed by atoms with van der Waals surface area (Å²) >= 11 is 6.27. The minimum atomic E-state index is -0.460. The number of hydrogen-bond donors (Lipinski definition) is 1. The Morgan fingerprint density at radius 3 is 2.48 bits per heavy atom. The number of anilines is 1. The Morgan fingerprint density at radius 1 is 1.07 bits per heavy atom. The minimum Gasteiger partial charge on any atom is -0.497 e. The second-order valence-corrected chi connectivity index (χ2v) is 7.19. The van der Waals surface area contributed by atoms with Crippen molar-refractivity contribution in [2.24, 2.45) is 0 Å². The van der Waals surface area contributed by atoms with Crippen LogP contribution in [0, 0.1) is 0 Å². The van der Waals surface area contributed by atoms with E-state index >= 15 is 0 Å². The summed E-state index contributed by atoms with van der Waals surface area (Å²) in [5.74, 6) is 0.158. The van der Waals surface area contributed by atoms with Crippen LogP contribution in [-0.4, -0.2) is 30.4 Å². The van der Waals surface area contributed by atoms with Gasteiger partial charge in [0.25, 0.3) is 5.91 Å². The summed E-state index contributed by atoms with van der Waals surface area (Å²) in [6.45, 7) is -0.0727. The first-order chi connectivity index (χ1) is 14.1. The van der Waals surface area contributed by atoms with Gasteiger partial charge in [0, 0.05) is 21.8 Å². The number of nitrogens with one attached hydrogen (secondary N) is 1. The van der Waals surface area contributed by atoms with Crippen molar-refractivity contribution in [1.82, 2.24) is 4.90 Å². The molecular weight excluding hydrogens is 388 g/mol. The molecule has 4 rings (SSSR count). The first kappa shape index (κ1) is 19.0. The first-order valence-corrected chi connectivity index (χ1v) is 9.54. The molecule has 0 bridgehead atoms. The number of halogens is 1. The molecule has 0 spiro atoms. The van der Waals surface area contributed by atoms with E-state index in [0.29, 0.717) is 22.0 Å². The molecule has 29 heavy (non-hydrogen) atoms. The third-order valence-electron chi connectivity index (χ3n) is 4.92. The van der Waals surface area contributed by atoms with Crippen LogP contribution in [0.25, 0.3) is 0 Å². The van der Waals surface area contributed by atoms with Gasteiger partial charge in [-0.15, -0.1) is 0 Å². The van der Waals surface area contributed by atoms with Crippen LogP contribution in [-0.2, 0) is 4.79 Å². The second-order valence-electron chi connectivity index (χ2n) is 6.75. The lowest BCUT2D eigenvalue weighted by Crippen LogP contribution is -2.38. The van der Waals surface area contributed by atoms with Crippen LogP contribution in [0.15, 0.2) is 72.8 Å². The van der Waals surface area contributed by atoms with Crippen LogP contribution < -0.4 is 10.1 Å². The van der Waals surface area contributed by atoms with Crippen molar-refractivity contribution in [3.63, 3.8) is 0 Å². The summed E-state index contributed by atoms with van der Waals surface area (Å²) in [6, 6.07) is 21.3. The van der Waals surface area contributed by atoms with Gasteiger partial charge >= 0.3 is 0 Å². The Kier molecular flexibility index (Phi) is 5.23. The maximum atomic E-state index is 13.4. The Labute approximate surface area is 173 Å². The number of carbonyl (C=O) groups is 2. The van der Waals surface area contributed by atoms with Crippen molar-refractivity contribution in [2.45, 2.75) is 6.04 Å². The van der Waals surface area contributed by atoms with E-state index in [1.54, 1.807) is 54.5 Å². The van der Waals surface area contributed by atoms with E-state index in [4.69, 9.17) is 16.3 Å². The van der Waals surface area contributed by atoms with Gasteiger partial charge in [0.1, 0.15) is 12.3 Å². The van der Waals surface area contributed by atoms with Gasteiger partial charge in [0.2, 0.25) is 5.91 Å². The number of amides is 2. The van der Waals surface area contributed by atoms with Gasteiger partial charge in [0.15, 0.2) is 0 Å². The summed E-state index contributed by atoms with van der Waals surface area (Å²) in [5, 5.41) is 3.43. The molecule has 1 N–H and O–H groups in total. The SMILES string of the molecule is COc1ccc(C(=O)N2CC(=O)Nc3ccc(Cl)cc3[C@H]2c2ccccc2)cc1. The van der Waals surface area contributed by atoms with E-state index < -0.39 is 6.04 Å². The number of nitrogens with zero attached hydrogens (tertiary/aromatic N) is 1. The van der Waals surface area contributed by atoms with Gasteiger partial charge in [-0.1, -0.05) is 41.9 Å². The topological polar surface area (TPSA) is 58.6 Å². The number of ether oxygens (including phenoxy) is 1. The zero-order valence-corrected chi connectivity index (χ0v) is 16.5. The molecule has 1 aliphatic heterocycles. The lowest BCUT2D eigenvalue weighted by atomic mass is 9.95. The molecule has 2 amide bonds. The molecule has 0 aromatic heterocycles. The highest BCUT2D eigenvalue weighted by molar-refractivity contribution is 6.30. The Morgan fingerprint density at radius 2 is 1.79 bits per heavy atom. The molecule has 0 unspecified atom stereocenters. The highest BCUT2D eigenvalue weighted by Crippen LogP contribution is 2.38. The normalized spacial score (nSPS) is 15.9.